The van der Waals surface area contributed by atoms with Crippen LogP contribution in [-0.2, 0) is 13.0 Å². The molecule has 0 atom stereocenters. The highest BCUT2D eigenvalue weighted by Crippen LogP contribution is 2.19. The van der Waals surface area contributed by atoms with E-state index in [0.29, 0.717) is 6.61 Å². The fraction of sp³-hybridized carbons (Fsp3) is 0.333. The lowest BCUT2D eigenvalue weighted by molar-refractivity contribution is 0.306. The van der Waals surface area contributed by atoms with Gasteiger partial charge in [-0.15, -0.1) is 0 Å². The summed E-state index contributed by atoms with van der Waals surface area (Å²) < 4.78 is 6.84. The zero-order chi connectivity index (χ0) is 14.5. The van der Waals surface area contributed by atoms with Crippen LogP contribution in [0.3, 0.4) is 0 Å². The number of nitrogens with one attached hydrogen (secondary N) is 1. The SMILES string of the molecule is Brc1ccc(OCc2ccc(CCNC3CC3)cc2)cc1. The zero-order valence-corrected chi connectivity index (χ0v) is 13.6. The molecule has 1 fully saturated rings. The summed E-state index contributed by atoms with van der Waals surface area (Å²) in [6.07, 6.45) is 3.81. The van der Waals surface area contributed by atoms with Gasteiger partial charge in [0.1, 0.15) is 12.4 Å². The van der Waals surface area contributed by atoms with Crippen molar-refractivity contribution in [3.05, 3.63) is 64.1 Å². The molecule has 0 bridgehead atoms. The number of hydrogen-bond donors (Lipinski definition) is 1. The molecule has 0 saturated heterocycles. The Morgan fingerprint density at radius 1 is 0.952 bits per heavy atom. The molecular weight excluding hydrogens is 326 g/mol. The van der Waals surface area contributed by atoms with E-state index in [1.165, 1.54) is 24.0 Å². The van der Waals surface area contributed by atoms with E-state index < -0.39 is 0 Å². The zero-order valence-electron chi connectivity index (χ0n) is 12.0. The highest BCUT2D eigenvalue weighted by Gasteiger charge is 2.19. The van der Waals surface area contributed by atoms with Gasteiger partial charge in [-0.3, -0.25) is 0 Å². The summed E-state index contributed by atoms with van der Waals surface area (Å²) in [6, 6.07) is 17.4. The van der Waals surface area contributed by atoms with E-state index >= 15 is 0 Å². The molecule has 0 amide bonds. The molecule has 2 aromatic carbocycles. The largest absolute Gasteiger partial charge is 0.489 e. The third-order valence-electron chi connectivity index (χ3n) is 3.67. The van der Waals surface area contributed by atoms with Crippen molar-refractivity contribution >= 4 is 15.9 Å². The van der Waals surface area contributed by atoms with Gasteiger partial charge in [0, 0.05) is 10.5 Å². The fourth-order valence-corrected chi connectivity index (χ4v) is 2.47. The summed E-state index contributed by atoms with van der Waals surface area (Å²) in [4.78, 5) is 0. The Morgan fingerprint density at radius 3 is 2.29 bits per heavy atom. The number of ether oxygens (including phenoxy) is 1. The summed E-state index contributed by atoms with van der Waals surface area (Å²) in [5.74, 6) is 0.899. The van der Waals surface area contributed by atoms with Crippen molar-refractivity contribution in [1.29, 1.82) is 0 Å². The molecule has 21 heavy (non-hydrogen) atoms. The lowest BCUT2D eigenvalue weighted by Gasteiger charge is -2.08. The first kappa shape index (κ1) is 14.6. The molecule has 1 aliphatic carbocycles. The standard InChI is InChI=1S/C18H20BrNO/c19-16-5-9-18(10-6-16)21-13-15-3-1-14(2-4-15)11-12-20-17-7-8-17/h1-6,9-10,17,20H,7-8,11-13H2. The molecule has 3 heteroatoms. The second-order valence-corrected chi connectivity index (χ2v) is 6.45. The van der Waals surface area contributed by atoms with Crippen molar-refractivity contribution < 1.29 is 4.74 Å². The van der Waals surface area contributed by atoms with E-state index in [0.717, 1.165) is 29.2 Å². The minimum Gasteiger partial charge on any atom is -0.489 e. The van der Waals surface area contributed by atoms with E-state index in [1.54, 1.807) is 0 Å². The second-order valence-electron chi connectivity index (χ2n) is 5.54. The van der Waals surface area contributed by atoms with Gasteiger partial charge in [-0.1, -0.05) is 40.2 Å². The molecule has 0 aromatic heterocycles. The number of halogens is 1. The maximum atomic E-state index is 5.77. The summed E-state index contributed by atoms with van der Waals surface area (Å²) >= 11 is 3.42. The van der Waals surface area contributed by atoms with Gasteiger partial charge in [0.05, 0.1) is 0 Å². The average Bonchev–Trinajstić information content (AvgIpc) is 3.32. The van der Waals surface area contributed by atoms with Crippen LogP contribution in [0.2, 0.25) is 0 Å². The van der Waals surface area contributed by atoms with Crippen LogP contribution in [0.1, 0.15) is 24.0 Å². The van der Waals surface area contributed by atoms with Crippen LogP contribution < -0.4 is 10.1 Å². The number of benzene rings is 2. The Balaban J connectivity index is 1.45. The van der Waals surface area contributed by atoms with Crippen molar-refractivity contribution in [3.8, 4) is 5.75 Å². The first-order chi connectivity index (χ1) is 10.3. The van der Waals surface area contributed by atoms with Gasteiger partial charge in [0.15, 0.2) is 0 Å². The Morgan fingerprint density at radius 2 is 1.62 bits per heavy atom. The second kappa shape index (κ2) is 7.10. The highest BCUT2D eigenvalue weighted by molar-refractivity contribution is 9.10. The first-order valence-corrected chi connectivity index (χ1v) is 8.28. The molecular formula is C18H20BrNO. The van der Waals surface area contributed by atoms with Gasteiger partial charge in [-0.05, 0) is 61.2 Å². The van der Waals surface area contributed by atoms with Crippen LogP contribution in [0.5, 0.6) is 5.75 Å². The summed E-state index contributed by atoms with van der Waals surface area (Å²) in [5, 5.41) is 3.54. The van der Waals surface area contributed by atoms with Crippen LogP contribution in [0.25, 0.3) is 0 Å². The minimum atomic E-state index is 0.613. The molecule has 1 saturated carbocycles. The molecule has 0 unspecified atom stereocenters. The van der Waals surface area contributed by atoms with E-state index in [4.69, 9.17) is 4.74 Å². The van der Waals surface area contributed by atoms with Crippen molar-refractivity contribution in [1.82, 2.24) is 5.32 Å². The Hall–Kier alpha value is -1.32. The molecule has 2 aromatic rings. The Kier molecular flexibility index (Phi) is 4.94. The highest BCUT2D eigenvalue weighted by atomic mass is 79.9. The Labute approximate surface area is 134 Å². The number of hydrogen-bond acceptors (Lipinski definition) is 2. The van der Waals surface area contributed by atoms with Crippen LogP contribution in [-0.4, -0.2) is 12.6 Å². The number of rotatable bonds is 7. The molecule has 110 valence electrons. The Bertz CT molecular complexity index is 561. The van der Waals surface area contributed by atoms with Crippen molar-refractivity contribution in [2.24, 2.45) is 0 Å². The van der Waals surface area contributed by atoms with E-state index in [1.807, 2.05) is 24.3 Å². The van der Waals surface area contributed by atoms with Crippen LogP contribution in [0.15, 0.2) is 53.0 Å². The summed E-state index contributed by atoms with van der Waals surface area (Å²) in [6.45, 7) is 1.70. The molecule has 2 nitrogen and oxygen atoms in total. The van der Waals surface area contributed by atoms with E-state index in [9.17, 15) is 0 Å². The van der Waals surface area contributed by atoms with Gasteiger partial charge >= 0.3 is 0 Å². The molecule has 0 aliphatic heterocycles. The smallest absolute Gasteiger partial charge is 0.119 e. The van der Waals surface area contributed by atoms with Gasteiger partial charge in [0.2, 0.25) is 0 Å². The summed E-state index contributed by atoms with van der Waals surface area (Å²) in [5.41, 5.74) is 2.59. The predicted molar refractivity (Wildman–Crippen MR) is 89.6 cm³/mol. The summed E-state index contributed by atoms with van der Waals surface area (Å²) in [7, 11) is 0. The maximum absolute atomic E-state index is 5.77. The molecule has 1 N–H and O–H groups in total. The molecule has 0 radical (unpaired) electrons. The average molecular weight is 346 g/mol. The van der Waals surface area contributed by atoms with Crippen molar-refractivity contribution in [2.45, 2.75) is 31.9 Å². The van der Waals surface area contributed by atoms with Crippen LogP contribution in [0.4, 0.5) is 0 Å². The third-order valence-corrected chi connectivity index (χ3v) is 4.19. The normalized spacial score (nSPS) is 14.1. The van der Waals surface area contributed by atoms with E-state index in [-0.39, 0.29) is 0 Å². The lowest BCUT2D eigenvalue weighted by atomic mass is 10.1. The fourth-order valence-electron chi connectivity index (χ4n) is 2.21. The quantitative estimate of drug-likeness (QED) is 0.806. The van der Waals surface area contributed by atoms with Gasteiger partial charge in [-0.25, -0.2) is 0 Å². The monoisotopic (exact) mass is 345 g/mol. The third kappa shape index (κ3) is 4.87. The molecule has 0 heterocycles. The predicted octanol–water partition coefficient (Wildman–Crippen LogP) is 4.32. The van der Waals surface area contributed by atoms with Gasteiger partial charge in [-0.2, -0.15) is 0 Å². The molecule has 1 aliphatic rings. The first-order valence-electron chi connectivity index (χ1n) is 7.49. The maximum Gasteiger partial charge on any atom is 0.119 e. The van der Waals surface area contributed by atoms with Gasteiger partial charge in [0.25, 0.3) is 0 Å². The van der Waals surface area contributed by atoms with Crippen molar-refractivity contribution in [2.75, 3.05) is 6.54 Å². The minimum absolute atomic E-state index is 0.613. The lowest BCUT2D eigenvalue weighted by Crippen LogP contribution is -2.19. The van der Waals surface area contributed by atoms with Crippen molar-refractivity contribution in [3.63, 3.8) is 0 Å². The van der Waals surface area contributed by atoms with Crippen LogP contribution in [0, 0.1) is 0 Å². The molecule has 3 rings (SSSR count). The van der Waals surface area contributed by atoms with E-state index in [2.05, 4.69) is 45.5 Å². The van der Waals surface area contributed by atoms with Crippen LogP contribution >= 0.6 is 15.9 Å². The van der Waals surface area contributed by atoms with Gasteiger partial charge < -0.3 is 10.1 Å². The topological polar surface area (TPSA) is 21.3 Å². The molecule has 0 spiro atoms.